The molecule has 3 aliphatic heterocycles. The second-order valence-electron chi connectivity index (χ2n) is 22.7. The normalized spacial score (nSPS) is 37.7. The molecule has 5 rings (SSSR count). The number of methoxy groups -OCH3 is 1. The Morgan fingerprint density at radius 1 is 0.947 bits per heavy atom. The average Bonchev–Trinajstić information content (AvgIpc) is 3.35. The number of carbonyl (C=O) groups excluding carboxylic acids is 4. The molecule has 4 fully saturated rings. The van der Waals surface area contributed by atoms with Crippen molar-refractivity contribution >= 4 is 30.2 Å². The number of alkyl carbamates (subject to hydrolysis) is 1. The fourth-order valence-electron chi connectivity index (χ4n) is 12.1. The van der Waals surface area contributed by atoms with E-state index in [4.69, 9.17) is 52.6 Å². The zero-order chi connectivity index (χ0) is 55.3. The zero-order valence-corrected chi connectivity index (χ0v) is 50.7. The molecule has 1 amide bonds. The van der Waals surface area contributed by atoms with Gasteiger partial charge in [-0.25, -0.2) is 4.79 Å². The van der Waals surface area contributed by atoms with E-state index >= 15 is 0 Å². The van der Waals surface area contributed by atoms with Crippen LogP contribution in [0.25, 0.3) is 0 Å². The van der Waals surface area contributed by atoms with E-state index in [1.807, 2.05) is 83.9 Å². The van der Waals surface area contributed by atoms with Gasteiger partial charge >= 0.3 is 39.1 Å². The molecule has 0 aromatic heterocycles. The number of hydrogen-bond donors (Lipinski definition) is 2. The predicted molar refractivity (Wildman–Crippen MR) is 280 cm³/mol. The molecule has 18 nitrogen and oxygen atoms in total. The molecule has 1 aromatic rings. The van der Waals surface area contributed by atoms with E-state index in [0.29, 0.717) is 24.7 Å². The molecule has 1 aliphatic carbocycles. The maximum atomic E-state index is 14.9. The SMILES string of the molecule is CC[C@H]1OC(=O)[C@H](C)[C@@H](O[C@H]2C[C@@](C)(OC)[C@@H](OC(C)=O)[C@H](C)O2)[C@H](C)[C@@H](O[C@@H]2O[C@H](C)C[C@H](N(C)C)[C@H]2OC(=O)NCc2ccccc2)[C@](C)(O)C[C@@H](C)/C(=N\OCCCC2CCCCC2)[C@H](C)[CH-][C@]1(C)O[C-]=O.[W+2]. The van der Waals surface area contributed by atoms with Crippen LogP contribution in [0.3, 0.4) is 0 Å². The Labute approximate surface area is 467 Å². The van der Waals surface area contributed by atoms with Crippen LogP contribution < -0.4 is 5.32 Å². The summed E-state index contributed by atoms with van der Waals surface area (Å²) in [6.07, 6.45) is 1.51. The Kier molecular flexibility index (Phi) is 25.6. The minimum Gasteiger partial charge on any atom is -0.668 e. The van der Waals surface area contributed by atoms with Crippen molar-refractivity contribution in [2.45, 2.75) is 231 Å². The Bertz CT molecular complexity index is 1990. The number of amides is 1. The number of likely N-dealkylation sites (N-methyl/N-ethyl adjacent to an activating group) is 1. The average molecular weight is 1240 g/mol. The number of cyclic esters (lactones) is 1. The first-order valence-electron chi connectivity index (χ1n) is 27.5. The Morgan fingerprint density at radius 3 is 2.25 bits per heavy atom. The molecule has 2 N–H and O–H groups in total. The van der Waals surface area contributed by atoms with Gasteiger partial charge in [0.05, 0.1) is 42.0 Å². The van der Waals surface area contributed by atoms with Gasteiger partial charge in [0.15, 0.2) is 24.8 Å². The van der Waals surface area contributed by atoms with E-state index in [0.717, 1.165) is 18.4 Å². The molecule has 19 heteroatoms. The molecule has 1 saturated carbocycles. The van der Waals surface area contributed by atoms with Crippen LogP contribution in [-0.4, -0.2) is 146 Å². The monoisotopic (exact) mass is 1240 g/mol. The second-order valence-corrected chi connectivity index (χ2v) is 22.7. The number of hydrogen-bond acceptors (Lipinski definition) is 17. The molecule has 0 bridgehead atoms. The third-order valence-electron chi connectivity index (χ3n) is 16.1. The molecule has 0 spiro atoms. The van der Waals surface area contributed by atoms with Crippen molar-refractivity contribution in [1.82, 2.24) is 10.2 Å². The van der Waals surface area contributed by atoms with E-state index in [9.17, 15) is 24.3 Å². The molecular formula is C57H91N3O15W. The van der Waals surface area contributed by atoms with Crippen molar-refractivity contribution in [2.24, 2.45) is 34.7 Å². The maximum absolute atomic E-state index is 14.9. The summed E-state index contributed by atoms with van der Waals surface area (Å²) in [5, 5.41) is 21.0. The van der Waals surface area contributed by atoms with E-state index < -0.39 is 108 Å². The van der Waals surface area contributed by atoms with Gasteiger partial charge in [-0.1, -0.05) is 109 Å². The molecule has 3 heterocycles. The standard InChI is InChI=1S/C57H91N3O15.W/c1-15-45-56(10,67-34-61)31-36(3)47(59-68-28-22-27-42-23-18-16-19-24-42)35(2)30-55(9,65)50(75-53-49(44(60(12)13)29-37(4)69-53)74-54(64)58-33-43-25-20-17-21-26-43)38(5)48(39(6)52(63)72-45)73-46-32-57(11,66-14)51(40(7)70-46)71-41(8)62;/h17,20-21,25-26,31,35-40,42,44-46,48-51,53,65H,15-16,18-19,22-24,27-30,32-33H2,1-14H3,(H,58,64);/q-2;+2/b59-47+;/t35-,36-,37-,38+,39-,40+,44+,45-,46+,48+,49-,50-,51+,53+,55-,56+,57-;/m1./s1. The van der Waals surface area contributed by atoms with Gasteiger partial charge in [-0.3, -0.25) is 16.0 Å². The van der Waals surface area contributed by atoms with Gasteiger partial charge in [0.1, 0.15) is 18.3 Å². The molecule has 3 saturated heterocycles. The first kappa shape index (κ1) is 65.3. The van der Waals surface area contributed by atoms with Crippen molar-refractivity contribution in [1.29, 1.82) is 0 Å². The Hall–Kier alpha value is -3.22. The van der Waals surface area contributed by atoms with E-state index in [-0.39, 0.29) is 59.0 Å². The number of ether oxygens (including phenoxy) is 9. The van der Waals surface area contributed by atoms with Crippen LogP contribution in [-0.2, 0) is 89.5 Å². The molecular weight excluding hydrogens is 1150 g/mol. The molecule has 1 aromatic carbocycles. The van der Waals surface area contributed by atoms with Gasteiger partial charge in [0.25, 0.3) is 0 Å². The quantitative estimate of drug-likeness (QED) is 0.0465. The van der Waals surface area contributed by atoms with Crippen molar-refractivity contribution in [3.63, 3.8) is 0 Å². The summed E-state index contributed by atoms with van der Waals surface area (Å²) in [7, 11) is 5.31. The van der Waals surface area contributed by atoms with Crippen LogP contribution in [0, 0.1) is 36.0 Å². The predicted octanol–water partition coefficient (Wildman–Crippen LogP) is 8.39. The number of nitrogens with zero attached hydrogens (tertiary/aromatic N) is 2. The van der Waals surface area contributed by atoms with Gasteiger partial charge in [0.2, 0.25) is 0 Å². The van der Waals surface area contributed by atoms with Crippen LogP contribution >= 0.6 is 0 Å². The van der Waals surface area contributed by atoms with Crippen LogP contribution in [0.2, 0.25) is 0 Å². The largest absolute Gasteiger partial charge is 2.00 e. The minimum atomic E-state index is -1.78. The zero-order valence-electron chi connectivity index (χ0n) is 47.8. The number of oxime groups is 1. The summed E-state index contributed by atoms with van der Waals surface area (Å²) < 4.78 is 57.4. The minimum absolute atomic E-state index is 0. The van der Waals surface area contributed by atoms with Crippen LogP contribution in [0.4, 0.5) is 4.79 Å². The van der Waals surface area contributed by atoms with Crippen LogP contribution in [0.15, 0.2) is 35.5 Å². The number of carbonyl (C=O) groups is 3. The van der Waals surface area contributed by atoms with Gasteiger partial charge in [0, 0.05) is 38.6 Å². The third kappa shape index (κ3) is 17.6. The van der Waals surface area contributed by atoms with Crippen LogP contribution in [0.1, 0.15) is 152 Å². The summed E-state index contributed by atoms with van der Waals surface area (Å²) in [6.45, 7) is 21.5. The van der Waals surface area contributed by atoms with E-state index in [1.54, 1.807) is 47.5 Å². The second kappa shape index (κ2) is 29.8. The Balaban J connectivity index is 0.0000125. The maximum Gasteiger partial charge on any atom is 2.00 e. The number of rotatable bonds is 18. The molecule has 4 aliphatic rings. The van der Waals surface area contributed by atoms with E-state index in [1.165, 1.54) is 46.1 Å². The smallest absolute Gasteiger partial charge is 0.668 e. The summed E-state index contributed by atoms with van der Waals surface area (Å²) in [6, 6.07) is 9.09. The van der Waals surface area contributed by atoms with Gasteiger partial charge in [-0.15, -0.1) is 5.92 Å². The summed E-state index contributed by atoms with van der Waals surface area (Å²) >= 11 is 0. The number of esters is 2. The first-order chi connectivity index (χ1) is 35.4. The topological polar surface area (TPSA) is 208 Å². The number of benzene rings is 1. The van der Waals surface area contributed by atoms with Crippen molar-refractivity contribution in [3.8, 4) is 0 Å². The molecule has 76 heavy (non-hydrogen) atoms. The Morgan fingerprint density at radius 2 is 1.63 bits per heavy atom. The molecule has 17 atom stereocenters. The summed E-state index contributed by atoms with van der Waals surface area (Å²) in [5.41, 5.74) is -2.92. The van der Waals surface area contributed by atoms with Crippen molar-refractivity contribution in [2.75, 3.05) is 27.8 Å². The summed E-state index contributed by atoms with van der Waals surface area (Å²) in [5.74, 6) is -3.56. The first-order valence-corrected chi connectivity index (χ1v) is 27.5. The van der Waals surface area contributed by atoms with Gasteiger partial charge < -0.3 is 67.6 Å². The van der Waals surface area contributed by atoms with Gasteiger partial charge in [-0.05, 0) is 104 Å². The van der Waals surface area contributed by atoms with Crippen molar-refractivity contribution < 1.29 is 92.8 Å². The molecule has 430 valence electrons. The van der Waals surface area contributed by atoms with Crippen molar-refractivity contribution in [3.05, 3.63) is 42.3 Å². The van der Waals surface area contributed by atoms with Crippen LogP contribution in [0.5, 0.6) is 0 Å². The number of nitrogens with one attached hydrogen (secondary N) is 1. The number of aliphatic hydroxyl groups is 1. The van der Waals surface area contributed by atoms with E-state index in [2.05, 4.69) is 5.32 Å². The summed E-state index contributed by atoms with van der Waals surface area (Å²) in [4.78, 5) is 61.3. The fourth-order valence-corrected chi connectivity index (χ4v) is 12.1. The third-order valence-corrected chi connectivity index (χ3v) is 16.1. The fraction of sp³-hybridized carbons (Fsp3) is 0.789. The molecule has 0 radical (unpaired) electrons. The van der Waals surface area contributed by atoms with Gasteiger partial charge in [-0.2, -0.15) is 0 Å². The molecule has 0 unspecified atom stereocenters.